The third kappa shape index (κ3) is 5.47. The van der Waals surface area contributed by atoms with Gasteiger partial charge in [0.15, 0.2) is 6.19 Å². The van der Waals surface area contributed by atoms with Crippen LogP contribution in [0.3, 0.4) is 0 Å². The third-order valence-corrected chi connectivity index (χ3v) is 5.60. The number of nitrogens with one attached hydrogen (secondary N) is 4. The fourth-order valence-electron chi connectivity index (χ4n) is 3.92. The van der Waals surface area contributed by atoms with Gasteiger partial charge >= 0.3 is 0 Å². The minimum Gasteiger partial charge on any atom is -0.353 e. The number of hydrogen-bond donors (Lipinski definition) is 4. The standard InChI is InChI=1S/C22H27N7O/c1-24-21(27-15-23)29-18-9-11-22(12-10-18,17-5-3-2-4-6-17)14-26-20(30)8-7-19-13-25-16-28-19/h2-8,13,16,18H,9-12,14H2,1H3,(H,25,28)(H,26,30)(H2,24,27,29)/b8-7+. The van der Waals surface area contributed by atoms with E-state index in [4.69, 9.17) is 5.26 Å². The first kappa shape index (κ1) is 21.1. The van der Waals surface area contributed by atoms with Crippen molar-refractivity contribution >= 4 is 17.9 Å². The Balaban J connectivity index is 1.65. The maximum atomic E-state index is 12.4. The van der Waals surface area contributed by atoms with E-state index in [9.17, 15) is 4.79 Å². The molecule has 156 valence electrons. The Labute approximate surface area is 176 Å². The van der Waals surface area contributed by atoms with Crippen LogP contribution in [0.4, 0.5) is 0 Å². The Morgan fingerprint density at radius 3 is 2.77 bits per heavy atom. The van der Waals surface area contributed by atoms with Gasteiger partial charge in [0.1, 0.15) is 0 Å². The molecule has 3 rings (SSSR count). The van der Waals surface area contributed by atoms with Crippen molar-refractivity contribution in [1.29, 1.82) is 5.26 Å². The van der Waals surface area contributed by atoms with E-state index in [-0.39, 0.29) is 17.4 Å². The maximum Gasteiger partial charge on any atom is 0.244 e. The number of imidazole rings is 1. The molecule has 0 spiro atoms. The highest BCUT2D eigenvalue weighted by Crippen LogP contribution is 2.39. The number of aromatic nitrogens is 2. The van der Waals surface area contributed by atoms with Gasteiger partial charge < -0.3 is 15.6 Å². The number of aromatic amines is 1. The number of nitriles is 1. The molecule has 1 aliphatic carbocycles. The number of aliphatic imine (C=N–C) groups is 1. The summed E-state index contributed by atoms with van der Waals surface area (Å²) < 4.78 is 0. The first-order valence-electron chi connectivity index (χ1n) is 10.0. The van der Waals surface area contributed by atoms with Crippen LogP contribution in [0.5, 0.6) is 0 Å². The summed E-state index contributed by atoms with van der Waals surface area (Å²) in [4.78, 5) is 23.3. The summed E-state index contributed by atoms with van der Waals surface area (Å²) in [7, 11) is 1.65. The van der Waals surface area contributed by atoms with Crippen LogP contribution in [0, 0.1) is 11.5 Å². The van der Waals surface area contributed by atoms with Gasteiger partial charge in [0, 0.05) is 31.1 Å². The number of benzene rings is 1. The van der Waals surface area contributed by atoms with Crippen molar-refractivity contribution < 1.29 is 4.79 Å². The summed E-state index contributed by atoms with van der Waals surface area (Å²) in [6.45, 7) is 0.570. The van der Waals surface area contributed by atoms with Crippen LogP contribution in [-0.2, 0) is 10.2 Å². The van der Waals surface area contributed by atoms with Gasteiger partial charge in [-0.1, -0.05) is 30.3 Å². The summed E-state index contributed by atoms with van der Waals surface area (Å²) in [6.07, 6.45) is 12.1. The van der Waals surface area contributed by atoms with E-state index in [0.717, 1.165) is 31.4 Å². The second kappa shape index (κ2) is 10.3. The largest absolute Gasteiger partial charge is 0.353 e. The molecule has 0 radical (unpaired) electrons. The highest BCUT2D eigenvalue weighted by Gasteiger charge is 2.37. The quantitative estimate of drug-likeness (QED) is 0.193. The smallest absolute Gasteiger partial charge is 0.244 e. The SMILES string of the molecule is CN=C(NC#N)NC1CCC(CNC(=O)/C=C/c2cnc[nH]2)(c2ccccc2)CC1. The average molecular weight is 406 g/mol. The van der Waals surface area contributed by atoms with Crippen molar-refractivity contribution in [2.24, 2.45) is 4.99 Å². The number of carbonyl (C=O) groups excluding carboxylic acids is 1. The number of rotatable bonds is 6. The summed E-state index contributed by atoms with van der Waals surface area (Å²) in [5, 5.41) is 17.8. The minimum absolute atomic E-state index is 0.122. The number of H-pyrrole nitrogens is 1. The fourth-order valence-corrected chi connectivity index (χ4v) is 3.92. The van der Waals surface area contributed by atoms with Crippen LogP contribution < -0.4 is 16.0 Å². The van der Waals surface area contributed by atoms with Crippen molar-refractivity contribution in [3.05, 3.63) is 60.2 Å². The van der Waals surface area contributed by atoms with Gasteiger partial charge in [-0.05, 0) is 37.3 Å². The number of nitrogens with zero attached hydrogens (tertiary/aromatic N) is 3. The first-order chi connectivity index (χ1) is 14.6. The fraction of sp³-hybridized carbons (Fsp3) is 0.364. The van der Waals surface area contributed by atoms with Crippen LogP contribution >= 0.6 is 0 Å². The zero-order valence-electron chi connectivity index (χ0n) is 17.1. The lowest BCUT2D eigenvalue weighted by Crippen LogP contribution is -2.49. The molecule has 0 atom stereocenters. The van der Waals surface area contributed by atoms with Crippen molar-refractivity contribution in [2.75, 3.05) is 13.6 Å². The summed E-state index contributed by atoms with van der Waals surface area (Å²) in [5.74, 6) is 0.366. The van der Waals surface area contributed by atoms with Gasteiger partial charge in [0.25, 0.3) is 0 Å². The molecule has 1 saturated carbocycles. The molecule has 0 saturated heterocycles. The van der Waals surface area contributed by atoms with E-state index in [1.54, 1.807) is 25.6 Å². The second-order valence-corrected chi connectivity index (χ2v) is 7.43. The number of amides is 1. The summed E-state index contributed by atoms with van der Waals surface area (Å²) >= 11 is 0. The molecular formula is C22H27N7O. The minimum atomic E-state index is -0.126. The predicted molar refractivity (Wildman–Crippen MR) is 116 cm³/mol. The van der Waals surface area contributed by atoms with Crippen LogP contribution in [0.2, 0.25) is 0 Å². The Morgan fingerprint density at radius 2 is 2.13 bits per heavy atom. The molecule has 8 nitrogen and oxygen atoms in total. The molecule has 0 bridgehead atoms. The van der Waals surface area contributed by atoms with Crippen molar-refractivity contribution in [1.82, 2.24) is 25.9 Å². The van der Waals surface area contributed by atoms with E-state index in [1.165, 1.54) is 11.6 Å². The van der Waals surface area contributed by atoms with Gasteiger partial charge in [-0.2, -0.15) is 5.26 Å². The van der Waals surface area contributed by atoms with E-state index in [0.29, 0.717) is 12.5 Å². The Bertz CT molecular complexity index is 905. The molecule has 0 aliphatic heterocycles. The molecule has 1 aromatic carbocycles. The lowest BCUT2D eigenvalue weighted by Gasteiger charge is -2.41. The van der Waals surface area contributed by atoms with Crippen LogP contribution in [0.25, 0.3) is 6.08 Å². The molecule has 4 N–H and O–H groups in total. The van der Waals surface area contributed by atoms with Crippen molar-refractivity contribution in [3.63, 3.8) is 0 Å². The van der Waals surface area contributed by atoms with E-state index < -0.39 is 0 Å². The van der Waals surface area contributed by atoms with Gasteiger partial charge in [-0.3, -0.25) is 15.1 Å². The molecule has 1 heterocycles. The lowest BCUT2D eigenvalue weighted by molar-refractivity contribution is -0.116. The molecule has 0 unspecified atom stereocenters. The van der Waals surface area contributed by atoms with Gasteiger partial charge in [0.05, 0.1) is 18.2 Å². The zero-order valence-corrected chi connectivity index (χ0v) is 17.1. The Hall–Kier alpha value is -3.60. The van der Waals surface area contributed by atoms with Gasteiger partial charge in [-0.15, -0.1) is 0 Å². The molecule has 8 heteroatoms. The Morgan fingerprint density at radius 1 is 1.37 bits per heavy atom. The maximum absolute atomic E-state index is 12.4. The van der Waals surface area contributed by atoms with Crippen LogP contribution in [0.1, 0.15) is 36.9 Å². The van der Waals surface area contributed by atoms with Crippen LogP contribution in [0.15, 0.2) is 53.9 Å². The molecule has 2 aromatic rings. The molecular weight excluding hydrogens is 378 g/mol. The third-order valence-electron chi connectivity index (χ3n) is 5.60. The first-order valence-corrected chi connectivity index (χ1v) is 10.0. The molecule has 1 amide bonds. The Kier molecular flexibility index (Phi) is 7.22. The number of hydrogen-bond acceptors (Lipinski definition) is 4. The highest BCUT2D eigenvalue weighted by atomic mass is 16.1. The number of carbonyl (C=O) groups is 1. The van der Waals surface area contributed by atoms with E-state index in [1.807, 2.05) is 24.4 Å². The molecule has 1 fully saturated rings. The number of guanidine groups is 1. The van der Waals surface area contributed by atoms with E-state index >= 15 is 0 Å². The lowest BCUT2D eigenvalue weighted by atomic mass is 9.68. The molecule has 1 aromatic heterocycles. The predicted octanol–water partition coefficient (Wildman–Crippen LogP) is 2.07. The second-order valence-electron chi connectivity index (χ2n) is 7.43. The topological polar surface area (TPSA) is 118 Å². The van der Waals surface area contributed by atoms with Crippen LogP contribution in [-0.4, -0.2) is 41.5 Å². The summed E-state index contributed by atoms with van der Waals surface area (Å²) in [5.41, 5.74) is 1.90. The molecule has 30 heavy (non-hydrogen) atoms. The normalized spacial score (nSPS) is 21.7. The van der Waals surface area contributed by atoms with Gasteiger partial charge in [-0.25, -0.2) is 4.98 Å². The summed E-state index contributed by atoms with van der Waals surface area (Å²) in [6, 6.07) is 10.6. The zero-order chi connectivity index (χ0) is 21.2. The highest BCUT2D eigenvalue weighted by molar-refractivity contribution is 5.91. The van der Waals surface area contributed by atoms with Crippen molar-refractivity contribution in [2.45, 2.75) is 37.1 Å². The van der Waals surface area contributed by atoms with Gasteiger partial charge in [0.2, 0.25) is 11.9 Å². The molecule has 1 aliphatic rings. The average Bonchev–Trinajstić information content (AvgIpc) is 3.31. The van der Waals surface area contributed by atoms with E-state index in [2.05, 4.69) is 43.0 Å². The van der Waals surface area contributed by atoms with Crippen molar-refractivity contribution in [3.8, 4) is 6.19 Å². The monoisotopic (exact) mass is 405 g/mol.